The first-order chi connectivity index (χ1) is 7.99. The maximum Gasteiger partial charge on any atom is 0.162 e. The van der Waals surface area contributed by atoms with Crippen LogP contribution in [0.3, 0.4) is 0 Å². The molecule has 0 fully saturated rings. The Morgan fingerprint density at radius 1 is 1.12 bits per heavy atom. The fraction of sp³-hybridized carbons (Fsp3) is 0.231. The molecular formula is C13H14IN3. The summed E-state index contributed by atoms with van der Waals surface area (Å²) in [4.78, 5) is 8.72. The Morgan fingerprint density at radius 3 is 2.24 bits per heavy atom. The molecule has 1 heterocycles. The van der Waals surface area contributed by atoms with Crippen molar-refractivity contribution in [1.29, 1.82) is 0 Å². The number of rotatable bonds is 1. The number of anilines is 1. The minimum Gasteiger partial charge on any atom is -0.383 e. The van der Waals surface area contributed by atoms with E-state index in [9.17, 15) is 0 Å². The van der Waals surface area contributed by atoms with E-state index in [2.05, 4.69) is 65.5 Å². The lowest BCUT2D eigenvalue weighted by molar-refractivity contribution is 1.15. The molecule has 3 nitrogen and oxygen atoms in total. The number of aromatic nitrogens is 2. The van der Waals surface area contributed by atoms with Gasteiger partial charge in [-0.2, -0.15) is 0 Å². The van der Waals surface area contributed by atoms with Gasteiger partial charge in [0.25, 0.3) is 0 Å². The molecule has 0 aliphatic rings. The molecular weight excluding hydrogens is 325 g/mol. The predicted molar refractivity (Wildman–Crippen MR) is 78.8 cm³/mol. The van der Waals surface area contributed by atoms with Crippen molar-refractivity contribution in [3.63, 3.8) is 0 Å². The van der Waals surface area contributed by atoms with Crippen LogP contribution in [0.15, 0.2) is 18.3 Å². The molecule has 0 spiro atoms. The van der Waals surface area contributed by atoms with E-state index in [1.165, 1.54) is 16.7 Å². The van der Waals surface area contributed by atoms with Crippen molar-refractivity contribution in [2.75, 3.05) is 5.73 Å². The average molecular weight is 339 g/mol. The third-order valence-corrected chi connectivity index (χ3v) is 3.50. The summed E-state index contributed by atoms with van der Waals surface area (Å²) < 4.78 is 0.883. The highest BCUT2D eigenvalue weighted by Gasteiger charge is 2.10. The number of nitrogens with zero attached hydrogens (tertiary/aromatic N) is 2. The Labute approximate surface area is 115 Å². The number of hydrogen-bond acceptors (Lipinski definition) is 3. The zero-order valence-corrected chi connectivity index (χ0v) is 12.2. The normalized spacial score (nSPS) is 10.6. The van der Waals surface area contributed by atoms with Crippen LogP contribution in [-0.4, -0.2) is 9.97 Å². The molecule has 0 unspecified atom stereocenters. The zero-order chi connectivity index (χ0) is 12.6. The van der Waals surface area contributed by atoms with Crippen LogP contribution in [-0.2, 0) is 0 Å². The second-order valence-electron chi connectivity index (χ2n) is 4.20. The van der Waals surface area contributed by atoms with Gasteiger partial charge in [0, 0.05) is 11.8 Å². The topological polar surface area (TPSA) is 51.8 Å². The van der Waals surface area contributed by atoms with Crippen molar-refractivity contribution in [1.82, 2.24) is 9.97 Å². The highest BCUT2D eigenvalue weighted by molar-refractivity contribution is 14.1. The Hall–Kier alpha value is -1.17. The Balaban J connectivity index is 2.64. The van der Waals surface area contributed by atoms with Crippen LogP contribution < -0.4 is 5.73 Å². The number of benzene rings is 1. The number of nitrogens with two attached hydrogens (primary N) is 1. The van der Waals surface area contributed by atoms with Crippen LogP contribution in [0.5, 0.6) is 0 Å². The van der Waals surface area contributed by atoms with E-state index in [4.69, 9.17) is 5.73 Å². The molecule has 17 heavy (non-hydrogen) atoms. The summed E-state index contributed by atoms with van der Waals surface area (Å²) in [6, 6.07) is 4.28. The molecule has 2 rings (SSSR count). The van der Waals surface area contributed by atoms with Gasteiger partial charge in [-0.1, -0.05) is 17.7 Å². The van der Waals surface area contributed by atoms with Crippen LogP contribution >= 0.6 is 22.6 Å². The number of aryl methyl sites for hydroxylation is 3. The van der Waals surface area contributed by atoms with Gasteiger partial charge in [-0.15, -0.1) is 0 Å². The summed E-state index contributed by atoms with van der Waals surface area (Å²) in [5.41, 5.74) is 10.5. The smallest absolute Gasteiger partial charge is 0.162 e. The van der Waals surface area contributed by atoms with Crippen molar-refractivity contribution >= 4 is 28.4 Å². The standard InChI is InChI=1S/C13H14IN3/c1-7-4-8(2)11(9(3)5-7)13-16-6-10(14)12(15)17-13/h4-6H,1-3H3,(H2,15,16,17). The fourth-order valence-electron chi connectivity index (χ4n) is 2.03. The molecule has 0 bridgehead atoms. The maximum absolute atomic E-state index is 5.83. The summed E-state index contributed by atoms with van der Waals surface area (Å²) >= 11 is 2.13. The van der Waals surface area contributed by atoms with Gasteiger partial charge in [0.15, 0.2) is 5.82 Å². The monoisotopic (exact) mass is 339 g/mol. The number of hydrogen-bond donors (Lipinski definition) is 1. The molecule has 0 aliphatic carbocycles. The quantitative estimate of drug-likeness (QED) is 0.812. The lowest BCUT2D eigenvalue weighted by Crippen LogP contribution is -2.00. The van der Waals surface area contributed by atoms with Gasteiger partial charge in [0.1, 0.15) is 5.82 Å². The number of nitrogen functional groups attached to an aromatic ring is 1. The van der Waals surface area contributed by atoms with Gasteiger partial charge < -0.3 is 5.73 Å². The molecule has 0 amide bonds. The average Bonchev–Trinajstić information content (AvgIpc) is 2.21. The van der Waals surface area contributed by atoms with Gasteiger partial charge in [-0.25, -0.2) is 9.97 Å². The molecule has 1 aromatic heterocycles. The third-order valence-electron chi connectivity index (χ3n) is 2.67. The Kier molecular flexibility index (Phi) is 3.33. The molecule has 4 heteroatoms. The lowest BCUT2D eigenvalue weighted by atomic mass is 9.99. The van der Waals surface area contributed by atoms with E-state index in [0.29, 0.717) is 11.6 Å². The first-order valence-electron chi connectivity index (χ1n) is 5.35. The highest BCUT2D eigenvalue weighted by atomic mass is 127. The second kappa shape index (κ2) is 4.60. The molecule has 0 atom stereocenters. The van der Waals surface area contributed by atoms with E-state index < -0.39 is 0 Å². The Bertz CT molecular complexity index is 556. The second-order valence-corrected chi connectivity index (χ2v) is 5.36. The maximum atomic E-state index is 5.83. The van der Waals surface area contributed by atoms with E-state index in [1.54, 1.807) is 6.20 Å². The van der Waals surface area contributed by atoms with Crippen LogP contribution in [0.2, 0.25) is 0 Å². The van der Waals surface area contributed by atoms with Crippen LogP contribution in [0.4, 0.5) is 5.82 Å². The summed E-state index contributed by atoms with van der Waals surface area (Å²) in [6.45, 7) is 6.24. The van der Waals surface area contributed by atoms with E-state index in [-0.39, 0.29) is 0 Å². The minimum atomic E-state index is 0.537. The summed E-state index contributed by atoms with van der Waals surface area (Å²) in [5.74, 6) is 1.24. The van der Waals surface area contributed by atoms with E-state index in [0.717, 1.165) is 9.13 Å². The molecule has 0 aliphatic heterocycles. The van der Waals surface area contributed by atoms with Gasteiger partial charge in [-0.3, -0.25) is 0 Å². The van der Waals surface area contributed by atoms with E-state index in [1.807, 2.05) is 0 Å². The van der Waals surface area contributed by atoms with Crippen molar-refractivity contribution in [3.05, 3.63) is 38.6 Å². The largest absolute Gasteiger partial charge is 0.383 e. The van der Waals surface area contributed by atoms with Gasteiger partial charge in [0.05, 0.1) is 3.57 Å². The van der Waals surface area contributed by atoms with Crippen molar-refractivity contribution in [2.24, 2.45) is 0 Å². The van der Waals surface area contributed by atoms with E-state index >= 15 is 0 Å². The number of halogens is 1. The van der Waals surface area contributed by atoms with Crippen LogP contribution in [0.1, 0.15) is 16.7 Å². The summed E-state index contributed by atoms with van der Waals surface area (Å²) in [6.07, 6.45) is 1.76. The molecule has 0 radical (unpaired) electrons. The minimum absolute atomic E-state index is 0.537. The van der Waals surface area contributed by atoms with Gasteiger partial charge >= 0.3 is 0 Å². The zero-order valence-electron chi connectivity index (χ0n) is 10.1. The van der Waals surface area contributed by atoms with Crippen LogP contribution in [0.25, 0.3) is 11.4 Å². The van der Waals surface area contributed by atoms with Crippen molar-refractivity contribution in [2.45, 2.75) is 20.8 Å². The Morgan fingerprint density at radius 2 is 1.71 bits per heavy atom. The summed E-state index contributed by atoms with van der Waals surface area (Å²) in [7, 11) is 0. The molecule has 0 saturated carbocycles. The highest BCUT2D eigenvalue weighted by Crippen LogP contribution is 2.26. The first-order valence-corrected chi connectivity index (χ1v) is 6.43. The lowest BCUT2D eigenvalue weighted by Gasteiger charge is -2.10. The molecule has 1 aromatic carbocycles. The molecule has 88 valence electrons. The molecule has 2 aromatic rings. The van der Waals surface area contributed by atoms with Gasteiger partial charge in [-0.05, 0) is 54.5 Å². The fourth-order valence-corrected chi connectivity index (χ4v) is 2.29. The predicted octanol–water partition coefficient (Wildman–Crippen LogP) is 3.26. The molecule has 0 saturated heterocycles. The summed E-state index contributed by atoms with van der Waals surface area (Å²) in [5, 5.41) is 0. The van der Waals surface area contributed by atoms with Crippen LogP contribution in [0, 0.1) is 24.3 Å². The SMILES string of the molecule is Cc1cc(C)c(-c2ncc(I)c(N)n2)c(C)c1. The third kappa shape index (κ3) is 2.41. The first kappa shape index (κ1) is 12.3. The van der Waals surface area contributed by atoms with Crippen molar-refractivity contribution < 1.29 is 0 Å². The van der Waals surface area contributed by atoms with Gasteiger partial charge in [0.2, 0.25) is 0 Å². The van der Waals surface area contributed by atoms with Crippen molar-refractivity contribution in [3.8, 4) is 11.4 Å². The molecule has 2 N–H and O–H groups in total.